The van der Waals surface area contributed by atoms with Crippen molar-refractivity contribution in [3.8, 4) is 16.8 Å². The van der Waals surface area contributed by atoms with Crippen LogP contribution in [-0.2, 0) is 0 Å². The summed E-state index contributed by atoms with van der Waals surface area (Å²) in [6, 6.07) is 84.6. The van der Waals surface area contributed by atoms with Gasteiger partial charge in [0.2, 0.25) is 0 Å². The highest BCUT2D eigenvalue weighted by Gasteiger charge is 2.21. The maximum absolute atomic E-state index is 6.23. The summed E-state index contributed by atoms with van der Waals surface area (Å²) >= 11 is 0. The number of fused-ring (bicyclic) bond motifs is 7. The maximum Gasteiger partial charge on any atom is 0.135 e. The first-order valence-electron chi connectivity index (χ1n) is 21.1. The fourth-order valence-corrected chi connectivity index (χ4v) is 9.35. The van der Waals surface area contributed by atoms with Crippen LogP contribution in [0.25, 0.3) is 71.3 Å². The summed E-state index contributed by atoms with van der Waals surface area (Å²) in [4.78, 5) is 4.72. The molecule has 10 aromatic carbocycles. The van der Waals surface area contributed by atoms with Crippen molar-refractivity contribution in [2.75, 3.05) is 9.80 Å². The van der Waals surface area contributed by atoms with Gasteiger partial charge >= 0.3 is 0 Å². The van der Waals surface area contributed by atoms with Crippen LogP contribution in [0, 0.1) is 0 Å². The summed E-state index contributed by atoms with van der Waals surface area (Å²) in [7, 11) is 0. The summed E-state index contributed by atoms with van der Waals surface area (Å²) in [5.41, 5.74) is 14.2. The Bertz CT molecular complexity index is 3570. The van der Waals surface area contributed by atoms with Crippen LogP contribution < -0.4 is 9.80 Å². The van der Waals surface area contributed by atoms with Crippen LogP contribution in [0.3, 0.4) is 0 Å². The van der Waals surface area contributed by atoms with Crippen molar-refractivity contribution in [2.45, 2.75) is 0 Å². The molecule has 0 atom stereocenters. The fourth-order valence-electron chi connectivity index (χ4n) is 9.35. The number of benzene rings is 10. The molecule has 2 heterocycles. The number of para-hydroxylation sites is 5. The molecular formula is C58H39N3O. The Morgan fingerprint density at radius 2 is 0.839 bits per heavy atom. The van der Waals surface area contributed by atoms with E-state index in [2.05, 4.69) is 239 Å². The van der Waals surface area contributed by atoms with Gasteiger partial charge in [0.1, 0.15) is 11.2 Å². The van der Waals surface area contributed by atoms with Crippen LogP contribution >= 0.6 is 0 Å². The topological polar surface area (TPSA) is 24.6 Å². The van der Waals surface area contributed by atoms with Crippen LogP contribution in [0.5, 0.6) is 0 Å². The summed E-state index contributed by atoms with van der Waals surface area (Å²) in [6.45, 7) is 0. The predicted molar refractivity (Wildman–Crippen MR) is 260 cm³/mol. The van der Waals surface area contributed by atoms with Crippen molar-refractivity contribution in [2.24, 2.45) is 0 Å². The number of aromatic nitrogens is 1. The van der Waals surface area contributed by atoms with Crippen molar-refractivity contribution < 1.29 is 4.42 Å². The maximum atomic E-state index is 6.23. The average molecular weight is 794 g/mol. The van der Waals surface area contributed by atoms with E-state index in [0.717, 1.165) is 67.3 Å². The molecule has 12 rings (SSSR count). The largest absolute Gasteiger partial charge is 0.456 e. The zero-order valence-electron chi connectivity index (χ0n) is 33.8. The second-order valence-corrected chi connectivity index (χ2v) is 15.7. The van der Waals surface area contributed by atoms with E-state index in [-0.39, 0.29) is 0 Å². The predicted octanol–water partition coefficient (Wildman–Crippen LogP) is 16.4. The van der Waals surface area contributed by atoms with Gasteiger partial charge in [0.05, 0.1) is 16.7 Å². The number of hydrogen-bond acceptors (Lipinski definition) is 3. The Kier molecular flexibility index (Phi) is 8.46. The second-order valence-electron chi connectivity index (χ2n) is 15.7. The first-order valence-corrected chi connectivity index (χ1v) is 21.1. The molecule has 4 heteroatoms. The van der Waals surface area contributed by atoms with Gasteiger partial charge in [-0.15, -0.1) is 0 Å². The Morgan fingerprint density at radius 1 is 0.306 bits per heavy atom. The van der Waals surface area contributed by atoms with E-state index in [1.807, 2.05) is 12.1 Å². The van der Waals surface area contributed by atoms with E-state index < -0.39 is 0 Å². The molecule has 0 bridgehead atoms. The van der Waals surface area contributed by atoms with Gasteiger partial charge in [-0.2, -0.15) is 0 Å². The molecule has 12 aromatic rings. The molecule has 2 aromatic heterocycles. The molecule has 0 saturated carbocycles. The van der Waals surface area contributed by atoms with Crippen molar-refractivity contribution in [3.63, 3.8) is 0 Å². The van der Waals surface area contributed by atoms with Crippen LogP contribution in [0.4, 0.5) is 34.1 Å². The van der Waals surface area contributed by atoms with Gasteiger partial charge < -0.3 is 18.8 Å². The van der Waals surface area contributed by atoms with Crippen LogP contribution in [0.15, 0.2) is 241 Å². The van der Waals surface area contributed by atoms with Crippen LogP contribution in [0.2, 0.25) is 0 Å². The molecule has 0 aliphatic heterocycles. The summed E-state index contributed by atoms with van der Waals surface area (Å²) in [5, 5.41) is 7.04. The van der Waals surface area contributed by atoms with E-state index in [1.165, 1.54) is 38.1 Å². The lowest BCUT2D eigenvalue weighted by Crippen LogP contribution is -2.10. The van der Waals surface area contributed by atoms with Crippen LogP contribution in [-0.4, -0.2) is 4.57 Å². The highest BCUT2D eigenvalue weighted by molar-refractivity contribution is 6.11. The molecule has 0 N–H and O–H groups in total. The molecule has 0 aliphatic carbocycles. The SMILES string of the molecule is c1ccc(N(c2ccc(-c3ccc(N(c4ccccc4)c4ccc5oc6ccccc6c5c4)c4ccccc34)cc2)c2ccc3c4ccccc4n(-c4ccccc4)c3c2)cc1. The van der Waals surface area contributed by atoms with Gasteiger partial charge in [0.25, 0.3) is 0 Å². The zero-order chi connectivity index (χ0) is 41.0. The molecule has 0 saturated heterocycles. The van der Waals surface area contributed by atoms with E-state index in [0.29, 0.717) is 0 Å². The highest BCUT2D eigenvalue weighted by atomic mass is 16.3. The molecule has 0 fully saturated rings. The molecule has 0 amide bonds. The second kappa shape index (κ2) is 14.7. The normalized spacial score (nSPS) is 11.5. The third kappa shape index (κ3) is 5.92. The Balaban J connectivity index is 0.970. The quantitative estimate of drug-likeness (QED) is 0.153. The highest BCUT2D eigenvalue weighted by Crippen LogP contribution is 2.45. The lowest BCUT2D eigenvalue weighted by molar-refractivity contribution is 0.669. The monoisotopic (exact) mass is 793 g/mol. The lowest BCUT2D eigenvalue weighted by atomic mass is 9.96. The first-order chi connectivity index (χ1) is 30.8. The van der Waals surface area contributed by atoms with Gasteiger partial charge in [0.15, 0.2) is 0 Å². The van der Waals surface area contributed by atoms with Crippen molar-refractivity contribution >= 4 is 88.6 Å². The van der Waals surface area contributed by atoms with Crippen molar-refractivity contribution in [3.05, 3.63) is 237 Å². The standard InChI is InChI=1S/C58H39N3O/c1-4-16-41(17-5-1)59(46-32-34-51-50-24-12-14-26-54(50)61(56(51)39-46)43-20-8-3-9-21-43)44-30-28-40(29-31-44)47-35-36-55(49-23-11-10-22-48(47)49)60(42-18-6-2-7-19-42)45-33-37-58-53(38-45)52-25-13-15-27-57(52)62-58/h1-39H. The minimum atomic E-state index is 0.883. The van der Waals surface area contributed by atoms with Gasteiger partial charge in [0, 0.05) is 61.1 Å². The summed E-state index contributed by atoms with van der Waals surface area (Å²) in [6.07, 6.45) is 0. The van der Waals surface area contributed by atoms with Crippen molar-refractivity contribution in [1.82, 2.24) is 4.57 Å². The minimum absolute atomic E-state index is 0.883. The molecule has 292 valence electrons. The fraction of sp³-hybridized carbons (Fsp3) is 0. The molecule has 0 radical (unpaired) electrons. The van der Waals surface area contributed by atoms with E-state index in [4.69, 9.17) is 4.42 Å². The molecule has 0 aliphatic rings. The van der Waals surface area contributed by atoms with Gasteiger partial charge in [-0.1, -0.05) is 140 Å². The lowest BCUT2D eigenvalue weighted by Gasteiger charge is -2.28. The number of nitrogens with zero attached hydrogens (tertiary/aromatic N) is 3. The van der Waals surface area contributed by atoms with Gasteiger partial charge in [-0.25, -0.2) is 0 Å². The van der Waals surface area contributed by atoms with Crippen molar-refractivity contribution in [1.29, 1.82) is 0 Å². The Hall–Kier alpha value is -8.34. The van der Waals surface area contributed by atoms with E-state index in [9.17, 15) is 0 Å². The molecule has 0 unspecified atom stereocenters. The number of furan rings is 1. The number of anilines is 6. The summed E-state index contributed by atoms with van der Waals surface area (Å²) < 4.78 is 8.61. The van der Waals surface area contributed by atoms with E-state index >= 15 is 0 Å². The average Bonchev–Trinajstić information content (AvgIpc) is 3.88. The summed E-state index contributed by atoms with van der Waals surface area (Å²) in [5.74, 6) is 0. The molecule has 0 spiro atoms. The first kappa shape index (κ1) is 35.6. The van der Waals surface area contributed by atoms with Gasteiger partial charge in [-0.3, -0.25) is 0 Å². The van der Waals surface area contributed by atoms with Gasteiger partial charge in [-0.05, 0) is 114 Å². The molecular weight excluding hydrogens is 755 g/mol. The van der Waals surface area contributed by atoms with E-state index in [1.54, 1.807) is 0 Å². The smallest absolute Gasteiger partial charge is 0.135 e. The third-order valence-corrected chi connectivity index (χ3v) is 12.2. The zero-order valence-corrected chi connectivity index (χ0v) is 33.8. The van der Waals surface area contributed by atoms with Crippen LogP contribution in [0.1, 0.15) is 0 Å². The Morgan fingerprint density at radius 3 is 1.60 bits per heavy atom. The minimum Gasteiger partial charge on any atom is -0.456 e. The Labute approximate surface area is 359 Å². The number of rotatable bonds is 8. The third-order valence-electron chi connectivity index (χ3n) is 12.2. The molecule has 4 nitrogen and oxygen atoms in total. The molecule has 62 heavy (non-hydrogen) atoms. The number of hydrogen-bond donors (Lipinski definition) is 0.